The van der Waals surface area contributed by atoms with Crippen LogP contribution in [0.5, 0.6) is 0 Å². The van der Waals surface area contributed by atoms with Gasteiger partial charge in [-0.25, -0.2) is 0 Å². The fourth-order valence-electron chi connectivity index (χ4n) is 0.289. The molecule has 0 aromatic heterocycles. The van der Waals surface area contributed by atoms with E-state index in [1.165, 1.54) is 10.6 Å². The molecule has 0 spiro atoms. The summed E-state index contributed by atoms with van der Waals surface area (Å²) in [6, 6.07) is 0. The van der Waals surface area contributed by atoms with Crippen LogP contribution in [0.25, 0.3) is 0 Å². The molecule has 0 aromatic rings. The first-order valence-corrected chi connectivity index (χ1v) is 7.92. The van der Waals surface area contributed by atoms with Crippen molar-refractivity contribution in [1.29, 1.82) is 0 Å². The maximum atomic E-state index is 8.74. The van der Waals surface area contributed by atoms with Crippen LogP contribution in [0.2, 0.25) is 10.6 Å². The molecule has 68 valence electrons. The molecule has 7 heteroatoms. The van der Waals surface area contributed by atoms with Crippen LogP contribution in [0.1, 0.15) is 13.8 Å². The maximum Gasteiger partial charge on any atom is 0.399 e. The molecule has 4 nitrogen and oxygen atoms in total. The smallest absolute Gasteiger partial charge is 0.264 e. The molecule has 0 fully saturated rings. The first kappa shape index (κ1) is 14.2. The van der Waals surface area contributed by atoms with Gasteiger partial charge in [0, 0.05) is 0 Å². The number of hydrogen-bond acceptors (Lipinski definition) is 2. The summed E-state index contributed by atoms with van der Waals surface area (Å²) in [7, 11) is 1.12. The summed E-state index contributed by atoms with van der Waals surface area (Å²) in [5.41, 5.74) is 0. The zero-order chi connectivity index (χ0) is 9.49. The topological polar surface area (TPSA) is 74.6 Å². The van der Waals surface area contributed by atoms with Crippen LogP contribution in [-0.4, -0.2) is 30.8 Å². The van der Waals surface area contributed by atoms with E-state index < -0.39 is 23.6 Å². The molecule has 0 rings (SSSR count). The van der Waals surface area contributed by atoms with E-state index in [-0.39, 0.29) is 0 Å². The Morgan fingerprint density at radius 3 is 1.45 bits per heavy atom. The second-order valence-electron chi connectivity index (χ2n) is 1.86. The van der Waals surface area contributed by atoms with Crippen LogP contribution in [0, 0.1) is 0 Å². The standard InChI is InChI=1S/2C2H5.Al.ClH.H2O4S/c2*1-2;;;1-5(2,3)4/h2*1H2,2H3;;1H;(H2,1,2,3,4)/q;;+1;;/p-1. The van der Waals surface area contributed by atoms with Gasteiger partial charge in [0.25, 0.3) is 0 Å². The first-order chi connectivity index (χ1) is 4.81. The minimum Gasteiger partial charge on any atom is -0.264 e. The van der Waals surface area contributed by atoms with Crippen molar-refractivity contribution in [3.63, 3.8) is 0 Å². The summed E-state index contributed by atoms with van der Waals surface area (Å²) in [4.78, 5) is 0. The Hall–Kier alpha value is 0.692. The second kappa shape index (κ2) is 7.35. The maximum absolute atomic E-state index is 8.74. The molecule has 0 unspecified atom stereocenters. The molecule has 11 heavy (non-hydrogen) atoms. The number of halogens is 1. The van der Waals surface area contributed by atoms with E-state index >= 15 is 0 Å². The molecule has 0 radical (unpaired) electrons. The highest BCUT2D eigenvalue weighted by atomic mass is 35.6. The molecule has 0 saturated heterocycles. The Kier molecular flexibility index (Phi) is 9.50. The van der Waals surface area contributed by atoms with Crippen LogP contribution >= 0.6 is 10.0 Å². The molecular weight excluding hydrogens is 207 g/mol. The largest absolute Gasteiger partial charge is 0.399 e. The highest BCUT2D eigenvalue weighted by molar-refractivity contribution is 7.79. The molecular formula is C4H12AlClO4S. The van der Waals surface area contributed by atoms with Gasteiger partial charge < -0.3 is 0 Å². The molecule has 0 saturated carbocycles. The molecule has 2 N–H and O–H groups in total. The summed E-state index contributed by atoms with van der Waals surface area (Å²) in [6.45, 7) is 4.32. The van der Waals surface area contributed by atoms with E-state index in [0.717, 1.165) is 0 Å². The Morgan fingerprint density at radius 1 is 1.27 bits per heavy atom. The lowest BCUT2D eigenvalue weighted by Crippen LogP contribution is -1.95. The Labute approximate surface area is 75.7 Å². The third-order valence-corrected chi connectivity index (χ3v) is 4.51. The Balaban J connectivity index is 0. The van der Waals surface area contributed by atoms with Crippen molar-refractivity contribution in [2.24, 2.45) is 0 Å². The summed E-state index contributed by atoms with van der Waals surface area (Å²) in [6.07, 6.45) is 0. The average Bonchev–Trinajstić information content (AvgIpc) is 1.83. The highest BCUT2D eigenvalue weighted by Gasteiger charge is 2.04. The van der Waals surface area contributed by atoms with Crippen molar-refractivity contribution in [3.8, 4) is 0 Å². The van der Waals surface area contributed by atoms with E-state index in [1.54, 1.807) is 0 Å². The third-order valence-electron chi connectivity index (χ3n) is 0.886. The minimum atomic E-state index is -4.67. The van der Waals surface area contributed by atoms with Crippen molar-refractivity contribution in [1.82, 2.24) is 0 Å². The van der Waals surface area contributed by atoms with Gasteiger partial charge in [-0.1, -0.05) is 24.4 Å². The van der Waals surface area contributed by atoms with Gasteiger partial charge in [0.2, 0.25) is 0 Å². The average molecular weight is 219 g/mol. The zero-order valence-electron chi connectivity index (χ0n) is 6.49. The first-order valence-electron chi connectivity index (χ1n) is 3.15. The molecule has 0 aliphatic heterocycles. The molecule has 0 aromatic carbocycles. The van der Waals surface area contributed by atoms with Crippen LogP contribution in [0.4, 0.5) is 0 Å². The van der Waals surface area contributed by atoms with Gasteiger partial charge in [-0.2, -0.15) is 8.42 Å². The van der Waals surface area contributed by atoms with Crippen LogP contribution in [0.15, 0.2) is 0 Å². The lowest BCUT2D eigenvalue weighted by molar-refractivity contribution is 0.381. The fraction of sp³-hybridized carbons (Fsp3) is 1.00. The van der Waals surface area contributed by atoms with Gasteiger partial charge in [0.15, 0.2) is 0 Å². The van der Waals surface area contributed by atoms with E-state index in [1.807, 2.05) is 0 Å². The molecule has 0 atom stereocenters. The fourth-order valence-corrected chi connectivity index (χ4v) is 0.866. The predicted octanol–water partition coefficient (Wildman–Crippen LogP) is 1.60. The van der Waals surface area contributed by atoms with Crippen molar-refractivity contribution >= 4 is 33.7 Å². The Bertz CT molecular complexity index is 157. The van der Waals surface area contributed by atoms with E-state index in [4.69, 9.17) is 27.6 Å². The summed E-state index contributed by atoms with van der Waals surface area (Å²) in [5, 5.41) is 2.47. The number of hydrogen-bond donors (Lipinski definition) is 2. The van der Waals surface area contributed by atoms with Crippen LogP contribution in [0.3, 0.4) is 0 Å². The quantitative estimate of drug-likeness (QED) is 0.545. The molecule has 0 amide bonds. The van der Waals surface area contributed by atoms with Gasteiger partial charge >= 0.3 is 23.6 Å². The summed E-state index contributed by atoms with van der Waals surface area (Å²) >= 11 is -0.688. The van der Waals surface area contributed by atoms with Crippen molar-refractivity contribution in [2.45, 2.75) is 24.4 Å². The SMILES string of the molecule is C[CH2][Al]([Cl])[CH2]C.O=S(=O)(O)O. The van der Waals surface area contributed by atoms with Gasteiger partial charge in [-0.15, -0.1) is 0 Å². The van der Waals surface area contributed by atoms with Gasteiger partial charge in [-0.3, -0.25) is 19.2 Å². The van der Waals surface area contributed by atoms with Gasteiger partial charge in [0.1, 0.15) is 0 Å². The van der Waals surface area contributed by atoms with Crippen molar-refractivity contribution in [2.75, 3.05) is 0 Å². The van der Waals surface area contributed by atoms with Crippen molar-refractivity contribution < 1.29 is 17.5 Å². The van der Waals surface area contributed by atoms with E-state index in [0.29, 0.717) is 0 Å². The predicted molar refractivity (Wildman–Crippen MR) is 46.7 cm³/mol. The highest BCUT2D eigenvalue weighted by Crippen LogP contribution is 2.00. The third kappa shape index (κ3) is 36.7. The lowest BCUT2D eigenvalue weighted by atomic mass is 10.9. The summed E-state index contributed by atoms with van der Waals surface area (Å²) in [5.74, 6) is 0. The molecule has 0 heterocycles. The normalized spacial score (nSPS) is 9.91. The summed E-state index contributed by atoms with van der Waals surface area (Å²) < 4.78 is 31.6. The van der Waals surface area contributed by atoms with Crippen LogP contribution in [-0.2, 0) is 10.4 Å². The minimum absolute atomic E-state index is 0.688. The monoisotopic (exact) mass is 218 g/mol. The Morgan fingerprint density at radius 2 is 1.45 bits per heavy atom. The number of rotatable bonds is 2. The van der Waals surface area contributed by atoms with Gasteiger partial charge in [-0.05, 0) is 0 Å². The van der Waals surface area contributed by atoms with Crippen molar-refractivity contribution in [3.05, 3.63) is 0 Å². The second-order valence-corrected chi connectivity index (χ2v) is 7.44. The lowest BCUT2D eigenvalue weighted by Gasteiger charge is -1.86. The van der Waals surface area contributed by atoms with Gasteiger partial charge in [0.05, 0.1) is 0 Å². The van der Waals surface area contributed by atoms with E-state index in [2.05, 4.69) is 13.8 Å². The zero-order valence-corrected chi connectivity index (χ0v) is 9.22. The molecule has 0 aliphatic carbocycles. The van der Waals surface area contributed by atoms with E-state index in [9.17, 15) is 0 Å². The molecule has 0 aliphatic rings. The van der Waals surface area contributed by atoms with Crippen LogP contribution < -0.4 is 0 Å². The molecule has 0 bridgehead atoms.